The minimum atomic E-state index is 0.264. The second-order valence-electron chi connectivity index (χ2n) is 5.44. The molecular formula is C21H20OS. The van der Waals surface area contributed by atoms with Crippen LogP contribution in [0.3, 0.4) is 0 Å². The summed E-state index contributed by atoms with van der Waals surface area (Å²) in [5.41, 5.74) is 2.41. The third-order valence-electron chi connectivity index (χ3n) is 3.83. The zero-order valence-electron chi connectivity index (χ0n) is 13.4. The van der Waals surface area contributed by atoms with E-state index < -0.39 is 0 Å². The number of rotatable bonds is 5. The van der Waals surface area contributed by atoms with E-state index in [1.165, 1.54) is 15.3 Å². The molecule has 0 saturated carbocycles. The third kappa shape index (κ3) is 3.72. The van der Waals surface area contributed by atoms with E-state index in [2.05, 4.69) is 67.6 Å². The molecule has 2 heteroatoms. The molecule has 1 aromatic heterocycles. The highest BCUT2D eigenvalue weighted by Crippen LogP contribution is 2.32. The van der Waals surface area contributed by atoms with Gasteiger partial charge in [0, 0.05) is 21.2 Å². The summed E-state index contributed by atoms with van der Waals surface area (Å²) in [6, 6.07) is 23.1. The Hall–Kier alpha value is -2.32. The van der Waals surface area contributed by atoms with E-state index in [0.29, 0.717) is 0 Å². The van der Waals surface area contributed by atoms with Gasteiger partial charge in [0.1, 0.15) is 5.75 Å². The molecule has 0 aliphatic carbocycles. The van der Waals surface area contributed by atoms with Gasteiger partial charge >= 0.3 is 0 Å². The van der Waals surface area contributed by atoms with E-state index in [-0.39, 0.29) is 5.92 Å². The number of methoxy groups -OCH3 is 1. The lowest BCUT2D eigenvalue weighted by atomic mass is 9.96. The first-order chi connectivity index (χ1) is 11.3. The van der Waals surface area contributed by atoms with E-state index in [4.69, 9.17) is 4.74 Å². The average Bonchev–Trinajstić information content (AvgIpc) is 3.02. The van der Waals surface area contributed by atoms with Crippen LogP contribution in [0, 0.1) is 6.92 Å². The van der Waals surface area contributed by atoms with E-state index in [9.17, 15) is 0 Å². The Morgan fingerprint density at radius 1 is 0.913 bits per heavy atom. The second kappa shape index (κ2) is 7.30. The van der Waals surface area contributed by atoms with Gasteiger partial charge in [0.2, 0.25) is 0 Å². The standard InChI is InChI=1S/C21H20OS/c1-16-12-15-21(23-16)19(17-8-4-3-5-9-17)14-13-18-10-6-7-11-20(18)22-2/h3-15,19H,1-2H3/b14-13+. The third-order valence-corrected chi connectivity index (χ3v) is 4.92. The largest absolute Gasteiger partial charge is 0.496 e. The minimum Gasteiger partial charge on any atom is -0.496 e. The summed E-state index contributed by atoms with van der Waals surface area (Å²) < 4.78 is 5.44. The summed E-state index contributed by atoms with van der Waals surface area (Å²) >= 11 is 1.85. The fourth-order valence-electron chi connectivity index (χ4n) is 2.66. The molecule has 1 heterocycles. The Kier molecular flexibility index (Phi) is 4.94. The summed E-state index contributed by atoms with van der Waals surface area (Å²) in [4.78, 5) is 2.70. The van der Waals surface area contributed by atoms with Crippen molar-refractivity contribution in [3.63, 3.8) is 0 Å². The van der Waals surface area contributed by atoms with Crippen molar-refractivity contribution in [1.29, 1.82) is 0 Å². The van der Waals surface area contributed by atoms with Crippen molar-refractivity contribution in [2.75, 3.05) is 7.11 Å². The number of benzene rings is 2. The van der Waals surface area contributed by atoms with Crippen LogP contribution in [0.25, 0.3) is 6.08 Å². The Morgan fingerprint density at radius 3 is 2.35 bits per heavy atom. The molecule has 1 unspecified atom stereocenters. The topological polar surface area (TPSA) is 9.23 Å². The number of hydrogen-bond acceptors (Lipinski definition) is 2. The maximum Gasteiger partial charge on any atom is 0.126 e. The Labute approximate surface area is 141 Å². The van der Waals surface area contributed by atoms with Crippen LogP contribution in [-0.2, 0) is 0 Å². The molecule has 1 atom stereocenters. The average molecular weight is 320 g/mol. The van der Waals surface area contributed by atoms with Crippen LogP contribution in [0.1, 0.15) is 26.8 Å². The van der Waals surface area contributed by atoms with E-state index in [1.54, 1.807) is 7.11 Å². The fourth-order valence-corrected chi connectivity index (χ4v) is 3.64. The van der Waals surface area contributed by atoms with Gasteiger partial charge in [-0.2, -0.15) is 0 Å². The molecule has 1 nitrogen and oxygen atoms in total. The molecule has 0 N–H and O–H groups in total. The molecule has 0 fully saturated rings. The van der Waals surface area contributed by atoms with Gasteiger partial charge in [0.15, 0.2) is 0 Å². The molecule has 2 aromatic carbocycles. The quantitative estimate of drug-likeness (QED) is 0.568. The van der Waals surface area contributed by atoms with Crippen molar-refractivity contribution in [2.24, 2.45) is 0 Å². The lowest BCUT2D eigenvalue weighted by Crippen LogP contribution is -1.95. The van der Waals surface area contributed by atoms with E-state index in [1.807, 2.05) is 29.5 Å². The predicted molar refractivity (Wildman–Crippen MR) is 99.4 cm³/mol. The lowest BCUT2D eigenvalue weighted by molar-refractivity contribution is 0.414. The summed E-state index contributed by atoms with van der Waals surface area (Å²) in [5.74, 6) is 1.16. The minimum absolute atomic E-state index is 0.264. The maximum atomic E-state index is 5.44. The van der Waals surface area contributed by atoms with Gasteiger partial charge in [-0.1, -0.05) is 60.7 Å². The van der Waals surface area contributed by atoms with Gasteiger partial charge in [-0.25, -0.2) is 0 Å². The lowest BCUT2D eigenvalue weighted by Gasteiger charge is -2.12. The molecule has 0 radical (unpaired) electrons. The molecule has 0 aliphatic rings. The molecule has 0 saturated heterocycles. The number of hydrogen-bond donors (Lipinski definition) is 0. The van der Waals surface area contributed by atoms with Crippen LogP contribution in [0.4, 0.5) is 0 Å². The van der Waals surface area contributed by atoms with Crippen LogP contribution in [0.5, 0.6) is 5.75 Å². The van der Waals surface area contributed by atoms with Crippen LogP contribution < -0.4 is 4.74 Å². The van der Waals surface area contributed by atoms with Crippen LogP contribution in [0.2, 0.25) is 0 Å². The van der Waals surface area contributed by atoms with Crippen molar-refractivity contribution in [1.82, 2.24) is 0 Å². The van der Waals surface area contributed by atoms with Crippen LogP contribution in [-0.4, -0.2) is 7.11 Å². The normalized spacial score (nSPS) is 12.4. The van der Waals surface area contributed by atoms with Gasteiger partial charge in [-0.3, -0.25) is 0 Å². The van der Waals surface area contributed by atoms with Gasteiger partial charge in [0.25, 0.3) is 0 Å². The zero-order valence-corrected chi connectivity index (χ0v) is 14.2. The second-order valence-corrected chi connectivity index (χ2v) is 6.76. The maximum absolute atomic E-state index is 5.44. The number of ether oxygens (including phenoxy) is 1. The fraction of sp³-hybridized carbons (Fsp3) is 0.143. The summed E-state index contributed by atoms with van der Waals surface area (Å²) in [7, 11) is 1.71. The number of thiophene rings is 1. The number of aryl methyl sites for hydroxylation is 1. The van der Waals surface area contributed by atoms with Crippen LogP contribution >= 0.6 is 11.3 Å². The van der Waals surface area contributed by atoms with Crippen molar-refractivity contribution in [3.8, 4) is 5.75 Å². The molecule has 0 amide bonds. The van der Waals surface area contributed by atoms with E-state index >= 15 is 0 Å². The van der Waals surface area contributed by atoms with E-state index in [0.717, 1.165) is 11.3 Å². The molecular weight excluding hydrogens is 300 g/mol. The van der Waals surface area contributed by atoms with Gasteiger partial charge in [-0.15, -0.1) is 11.3 Å². The van der Waals surface area contributed by atoms with Crippen molar-refractivity contribution in [3.05, 3.63) is 93.7 Å². The first kappa shape index (κ1) is 15.6. The molecule has 116 valence electrons. The highest BCUT2D eigenvalue weighted by atomic mass is 32.1. The molecule has 3 aromatic rings. The van der Waals surface area contributed by atoms with Gasteiger partial charge < -0.3 is 4.74 Å². The molecule has 0 aliphatic heterocycles. The summed E-state index contributed by atoms with van der Waals surface area (Å²) in [5, 5.41) is 0. The predicted octanol–water partition coefficient (Wildman–Crippen LogP) is 5.91. The first-order valence-corrected chi connectivity index (χ1v) is 8.52. The van der Waals surface area contributed by atoms with Gasteiger partial charge in [-0.05, 0) is 30.7 Å². The summed E-state index contributed by atoms with van der Waals surface area (Å²) in [6.45, 7) is 2.15. The molecule has 23 heavy (non-hydrogen) atoms. The van der Waals surface area contributed by atoms with Crippen molar-refractivity contribution < 1.29 is 4.74 Å². The monoisotopic (exact) mass is 320 g/mol. The van der Waals surface area contributed by atoms with Gasteiger partial charge in [0.05, 0.1) is 7.11 Å². The Balaban J connectivity index is 1.98. The first-order valence-electron chi connectivity index (χ1n) is 7.70. The molecule has 0 bridgehead atoms. The Bertz CT molecular complexity index is 786. The number of para-hydroxylation sites is 1. The molecule has 0 spiro atoms. The zero-order chi connectivity index (χ0) is 16.1. The van der Waals surface area contributed by atoms with Crippen LogP contribution in [0.15, 0.2) is 72.8 Å². The SMILES string of the molecule is COc1ccccc1/C=C/C(c1ccccc1)c1ccc(C)s1. The van der Waals surface area contributed by atoms with Crippen molar-refractivity contribution in [2.45, 2.75) is 12.8 Å². The molecule has 3 rings (SSSR count). The highest BCUT2D eigenvalue weighted by Gasteiger charge is 2.13. The van der Waals surface area contributed by atoms with Crippen molar-refractivity contribution >= 4 is 17.4 Å². The number of allylic oxidation sites excluding steroid dienone is 1. The smallest absolute Gasteiger partial charge is 0.126 e. The highest BCUT2D eigenvalue weighted by molar-refractivity contribution is 7.12. The Morgan fingerprint density at radius 2 is 1.65 bits per heavy atom. The summed E-state index contributed by atoms with van der Waals surface area (Å²) in [6.07, 6.45) is 4.42.